The molecule has 2 aromatic rings. The highest BCUT2D eigenvalue weighted by Crippen LogP contribution is 2.25. The van der Waals surface area contributed by atoms with Crippen molar-refractivity contribution in [1.82, 2.24) is 15.1 Å². The van der Waals surface area contributed by atoms with E-state index in [4.69, 9.17) is 16.3 Å². The maximum Gasteiger partial charge on any atom is 0.413 e. The number of nitrogens with zero attached hydrogens (tertiary/aromatic N) is 3. The van der Waals surface area contributed by atoms with Gasteiger partial charge in [0.15, 0.2) is 0 Å². The molecule has 3 rings (SSSR count). The summed E-state index contributed by atoms with van der Waals surface area (Å²) in [5.41, 5.74) is 0.741. The molecule has 0 saturated carbocycles. The third kappa shape index (κ3) is 3.22. The highest BCUT2D eigenvalue weighted by atomic mass is 35.5. The van der Waals surface area contributed by atoms with Crippen LogP contribution in [0.1, 0.15) is 25.7 Å². The number of carbonyl (C=O) groups is 3. The number of fused-ring (bicyclic) bond motifs is 1. The number of halogens is 1. The van der Waals surface area contributed by atoms with Gasteiger partial charge >= 0.3 is 6.09 Å². The van der Waals surface area contributed by atoms with Crippen molar-refractivity contribution in [2.45, 2.75) is 6.54 Å². The van der Waals surface area contributed by atoms with Crippen molar-refractivity contribution in [2.24, 2.45) is 0 Å². The minimum atomic E-state index is -0.695. The Balaban J connectivity index is 1.67. The van der Waals surface area contributed by atoms with Gasteiger partial charge in [-0.15, -0.1) is 21.8 Å². The summed E-state index contributed by atoms with van der Waals surface area (Å²) >= 11 is 6.46. The van der Waals surface area contributed by atoms with Crippen molar-refractivity contribution < 1.29 is 19.1 Å². The van der Waals surface area contributed by atoms with Crippen LogP contribution in [0, 0.1) is 0 Å². The van der Waals surface area contributed by atoms with Crippen LogP contribution in [0.4, 0.5) is 9.93 Å². The third-order valence-corrected chi connectivity index (χ3v) is 4.14. The SMILES string of the molecule is O=C(Nc1nnc(CN2C(=O)c3ccccc3C2=O)s1)OCCCl. The second kappa shape index (κ2) is 6.93. The van der Waals surface area contributed by atoms with E-state index in [1.54, 1.807) is 24.3 Å². The van der Waals surface area contributed by atoms with Gasteiger partial charge in [0.05, 0.1) is 23.6 Å². The van der Waals surface area contributed by atoms with Gasteiger partial charge in [-0.3, -0.25) is 19.8 Å². The number of imide groups is 1. The lowest BCUT2D eigenvalue weighted by molar-refractivity contribution is 0.0642. The van der Waals surface area contributed by atoms with Gasteiger partial charge in [0.1, 0.15) is 11.6 Å². The summed E-state index contributed by atoms with van der Waals surface area (Å²) in [6.45, 7) is 0.0660. The number of amides is 3. The van der Waals surface area contributed by atoms with E-state index in [9.17, 15) is 14.4 Å². The van der Waals surface area contributed by atoms with Crippen LogP contribution in [-0.2, 0) is 11.3 Å². The van der Waals surface area contributed by atoms with E-state index in [-0.39, 0.29) is 36.0 Å². The standard InChI is InChI=1S/C14H11ClN4O4S/c15-5-6-23-14(22)16-13-18-17-10(24-13)7-19-11(20)8-3-1-2-4-9(8)12(19)21/h1-4H,5-7H2,(H,16,18,22). The van der Waals surface area contributed by atoms with Gasteiger partial charge in [0, 0.05) is 0 Å². The number of ether oxygens (including phenoxy) is 1. The molecule has 3 amide bonds. The van der Waals surface area contributed by atoms with Crippen LogP contribution in [0.15, 0.2) is 24.3 Å². The molecule has 10 heteroatoms. The minimum Gasteiger partial charge on any atom is -0.448 e. The largest absolute Gasteiger partial charge is 0.448 e. The first-order valence-corrected chi connectivity index (χ1v) is 8.22. The van der Waals surface area contributed by atoms with Crippen LogP contribution in [0.5, 0.6) is 0 Å². The Bertz CT molecular complexity index is 775. The fourth-order valence-electron chi connectivity index (χ4n) is 2.14. The molecule has 0 spiro atoms. The van der Waals surface area contributed by atoms with Crippen molar-refractivity contribution in [1.29, 1.82) is 0 Å². The summed E-state index contributed by atoms with van der Waals surface area (Å²) in [6, 6.07) is 6.62. The number of carbonyl (C=O) groups excluding carboxylic acids is 3. The first kappa shape index (κ1) is 16.3. The lowest BCUT2D eigenvalue weighted by Gasteiger charge is -2.10. The molecule has 0 aliphatic carbocycles. The molecule has 2 heterocycles. The first-order chi connectivity index (χ1) is 11.6. The van der Waals surface area contributed by atoms with Gasteiger partial charge in [-0.1, -0.05) is 23.5 Å². The Morgan fingerprint density at radius 1 is 1.21 bits per heavy atom. The van der Waals surface area contributed by atoms with Gasteiger partial charge in [0.2, 0.25) is 5.13 Å². The second-order valence-corrected chi connectivity index (χ2v) is 6.13. The van der Waals surface area contributed by atoms with Crippen molar-refractivity contribution in [3.8, 4) is 0 Å². The number of hydrogen-bond donors (Lipinski definition) is 1. The van der Waals surface area contributed by atoms with E-state index in [1.807, 2.05) is 0 Å². The van der Waals surface area contributed by atoms with Crippen molar-refractivity contribution in [3.63, 3.8) is 0 Å². The van der Waals surface area contributed by atoms with Crippen molar-refractivity contribution in [3.05, 3.63) is 40.4 Å². The average molecular weight is 367 g/mol. The zero-order chi connectivity index (χ0) is 17.1. The molecule has 0 atom stereocenters. The molecular formula is C14H11ClN4O4S. The molecule has 0 saturated heterocycles. The predicted molar refractivity (Wildman–Crippen MR) is 86.2 cm³/mol. The normalized spacial score (nSPS) is 13.1. The predicted octanol–water partition coefficient (Wildman–Crippen LogP) is 2.12. The van der Waals surface area contributed by atoms with Gasteiger partial charge in [-0.05, 0) is 12.1 Å². The Morgan fingerprint density at radius 2 is 1.88 bits per heavy atom. The molecule has 0 unspecified atom stereocenters. The lowest BCUT2D eigenvalue weighted by Crippen LogP contribution is -2.29. The van der Waals surface area contributed by atoms with E-state index in [2.05, 4.69) is 15.5 Å². The third-order valence-electron chi connectivity index (χ3n) is 3.16. The van der Waals surface area contributed by atoms with E-state index < -0.39 is 6.09 Å². The number of rotatable bonds is 5. The topological polar surface area (TPSA) is 101 Å². The summed E-state index contributed by atoms with van der Waals surface area (Å²) in [4.78, 5) is 37.1. The van der Waals surface area contributed by atoms with Crippen LogP contribution in [0.2, 0.25) is 0 Å². The lowest BCUT2D eigenvalue weighted by atomic mass is 10.1. The summed E-state index contributed by atoms with van der Waals surface area (Å²) < 4.78 is 4.75. The Morgan fingerprint density at radius 3 is 2.50 bits per heavy atom. The first-order valence-electron chi connectivity index (χ1n) is 6.87. The monoisotopic (exact) mass is 366 g/mol. The molecule has 0 radical (unpaired) electrons. The molecule has 1 aromatic carbocycles. The Kier molecular flexibility index (Phi) is 4.72. The summed E-state index contributed by atoms with van der Waals surface area (Å²) in [6.07, 6.45) is -0.695. The molecule has 124 valence electrons. The van der Waals surface area contributed by atoms with E-state index in [0.29, 0.717) is 16.1 Å². The van der Waals surface area contributed by atoms with Gasteiger partial charge < -0.3 is 4.74 Å². The number of benzene rings is 1. The highest BCUT2D eigenvalue weighted by molar-refractivity contribution is 7.15. The molecule has 1 aromatic heterocycles. The molecule has 1 aliphatic rings. The number of aromatic nitrogens is 2. The smallest absolute Gasteiger partial charge is 0.413 e. The second-order valence-electron chi connectivity index (χ2n) is 4.69. The van der Waals surface area contributed by atoms with Crippen LogP contribution < -0.4 is 5.32 Å². The fourth-order valence-corrected chi connectivity index (χ4v) is 2.93. The van der Waals surface area contributed by atoms with Crippen LogP contribution in [0.3, 0.4) is 0 Å². The van der Waals surface area contributed by atoms with Crippen LogP contribution >= 0.6 is 22.9 Å². The summed E-state index contributed by atoms with van der Waals surface area (Å²) in [5.74, 6) is -0.558. The number of anilines is 1. The van der Waals surface area contributed by atoms with Gasteiger partial charge in [-0.25, -0.2) is 4.79 Å². The fraction of sp³-hybridized carbons (Fsp3) is 0.214. The van der Waals surface area contributed by atoms with Crippen LogP contribution in [0.25, 0.3) is 0 Å². The number of hydrogen-bond acceptors (Lipinski definition) is 7. The maximum atomic E-state index is 12.3. The highest BCUT2D eigenvalue weighted by Gasteiger charge is 2.35. The average Bonchev–Trinajstić information content (AvgIpc) is 3.12. The molecule has 8 nitrogen and oxygen atoms in total. The Hall–Kier alpha value is -2.52. The van der Waals surface area contributed by atoms with E-state index in [0.717, 1.165) is 16.2 Å². The number of alkyl halides is 1. The van der Waals surface area contributed by atoms with E-state index >= 15 is 0 Å². The quantitative estimate of drug-likeness (QED) is 0.642. The van der Waals surface area contributed by atoms with E-state index in [1.165, 1.54) is 0 Å². The summed E-state index contributed by atoms with van der Waals surface area (Å²) in [7, 11) is 0. The Labute approximate surface area is 145 Å². The molecule has 24 heavy (non-hydrogen) atoms. The zero-order valence-electron chi connectivity index (χ0n) is 12.2. The maximum absolute atomic E-state index is 12.3. The van der Waals surface area contributed by atoms with Crippen LogP contribution in [-0.4, -0.2) is 45.5 Å². The zero-order valence-corrected chi connectivity index (χ0v) is 13.8. The van der Waals surface area contributed by atoms with Crippen molar-refractivity contribution in [2.75, 3.05) is 17.8 Å². The minimum absolute atomic E-state index is 0.0115. The number of nitrogens with one attached hydrogen (secondary N) is 1. The molecule has 1 N–H and O–H groups in total. The molecule has 1 aliphatic heterocycles. The molecule has 0 fully saturated rings. The molecular weight excluding hydrogens is 356 g/mol. The summed E-state index contributed by atoms with van der Waals surface area (Å²) in [5, 5.41) is 10.7. The van der Waals surface area contributed by atoms with Gasteiger partial charge in [-0.2, -0.15) is 0 Å². The van der Waals surface area contributed by atoms with Gasteiger partial charge in [0.25, 0.3) is 11.8 Å². The van der Waals surface area contributed by atoms with Crippen molar-refractivity contribution >= 4 is 46.0 Å². The molecule has 0 bridgehead atoms.